The number of rotatable bonds is 8. The number of nitrogens with zero attached hydrogens (tertiary/aromatic N) is 6. The van der Waals surface area contributed by atoms with E-state index in [0.717, 1.165) is 77.9 Å². The van der Waals surface area contributed by atoms with Gasteiger partial charge in [-0.3, -0.25) is 9.59 Å². The topological polar surface area (TPSA) is 72.9 Å². The second kappa shape index (κ2) is 13.8. The van der Waals surface area contributed by atoms with E-state index in [1.807, 2.05) is 48.6 Å². The Kier molecular flexibility index (Phi) is 9.45. The number of benzene rings is 2. The Labute approximate surface area is 314 Å². The maximum atomic E-state index is 15.2. The molecule has 8 nitrogen and oxygen atoms in total. The summed E-state index contributed by atoms with van der Waals surface area (Å²) in [6.45, 7) is 5.51. The standard InChI is InChI=1S/C40H48F2N6O2S2/c1-27-26-43-37(44-34(27)47-22-16-40(41,42)17-23-47)48(35(49)30-6-4-28(51-2)24-32(30)45-18-12-38(8-9-38)13-19-45)36(50)31-7-5-29(52-3)25-33(31)46-20-14-39(10-11-39)15-21-46/h4-7,24-26H,8-23H2,1-3H3. The van der Waals surface area contributed by atoms with Gasteiger partial charge in [0.1, 0.15) is 5.82 Å². The van der Waals surface area contributed by atoms with Crippen molar-refractivity contribution in [2.24, 2.45) is 10.8 Å². The highest BCUT2D eigenvalue weighted by Crippen LogP contribution is 2.55. The fourth-order valence-electron chi connectivity index (χ4n) is 8.37. The van der Waals surface area contributed by atoms with Crippen LogP contribution in [-0.2, 0) is 0 Å². The molecule has 2 aliphatic carbocycles. The van der Waals surface area contributed by atoms with Crippen LogP contribution in [0.4, 0.5) is 31.9 Å². The fourth-order valence-corrected chi connectivity index (χ4v) is 9.24. The minimum Gasteiger partial charge on any atom is -0.371 e. The molecule has 2 spiro atoms. The van der Waals surface area contributed by atoms with Gasteiger partial charge in [0.05, 0.1) is 22.5 Å². The summed E-state index contributed by atoms with van der Waals surface area (Å²) < 4.78 is 28.4. The van der Waals surface area contributed by atoms with Gasteiger partial charge in [0.25, 0.3) is 17.7 Å². The summed E-state index contributed by atoms with van der Waals surface area (Å²) in [5, 5.41) is 0. The van der Waals surface area contributed by atoms with Crippen LogP contribution in [0, 0.1) is 17.8 Å². The third kappa shape index (κ3) is 7.01. The smallest absolute Gasteiger partial charge is 0.269 e. The van der Waals surface area contributed by atoms with Gasteiger partial charge in [-0.05, 0) is 118 Å². The maximum Gasteiger partial charge on any atom is 0.269 e. The number of thioether (sulfide) groups is 2. The lowest BCUT2D eigenvalue weighted by molar-refractivity contribution is -0.0221. The van der Waals surface area contributed by atoms with Gasteiger partial charge in [-0.25, -0.2) is 18.7 Å². The minimum atomic E-state index is -2.72. The molecule has 1 aromatic heterocycles. The highest BCUT2D eigenvalue weighted by molar-refractivity contribution is 7.98. The summed E-state index contributed by atoms with van der Waals surface area (Å²) in [7, 11) is 0. The van der Waals surface area contributed by atoms with Gasteiger partial charge in [-0.15, -0.1) is 23.5 Å². The predicted octanol–water partition coefficient (Wildman–Crippen LogP) is 8.71. The van der Waals surface area contributed by atoms with Crippen LogP contribution in [0.2, 0.25) is 0 Å². The van der Waals surface area contributed by atoms with Crippen molar-refractivity contribution in [2.45, 2.75) is 86.8 Å². The third-order valence-electron chi connectivity index (χ3n) is 12.4. The Morgan fingerprint density at radius 3 is 1.54 bits per heavy atom. The lowest BCUT2D eigenvalue weighted by atomic mass is 9.92. The fraction of sp³-hybridized carbons (Fsp3) is 0.550. The van der Waals surface area contributed by atoms with Crippen LogP contribution in [0.3, 0.4) is 0 Å². The first kappa shape index (κ1) is 35.6. The molecule has 276 valence electrons. The van der Waals surface area contributed by atoms with Gasteiger partial charge >= 0.3 is 0 Å². The number of hydrogen-bond donors (Lipinski definition) is 0. The van der Waals surface area contributed by atoms with E-state index < -0.39 is 17.7 Å². The number of carbonyl (C=O) groups is 2. The van der Waals surface area contributed by atoms with E-state index >= 15 is 9.59 Å². The summed E-state index contributed by atoms with van der Waals surface area (Å²) in [5.41, 5.74) is 4.11. The summed E-state index contributed by atoms with van der Waals surface area (Å²) >= 11 is 3.24. The highest BCUT2D eigenvalue weighted by atomic mass is 32.2. The number of anilines is 4. The number of piperidine rings is 3. The number of aryl methyl sites for hydroxylation is 1. The quantitative estimate of drug-likeness (QED) is 0.166. The van der Waals surface area contributed by atoms with Crippen molar-refractivity contribution in [2.75, 3.05) is 71.4 Å². The number of carbonyl (C=O) groups excluding carboxylic acids is 2. The van der Waals surface area contributed by atoms with Crippen LogP contribution in [0.5, 0.6) is 0 Å². The molecule has 0 unspecified atom stereocenters. The maximum absolute atomic E-state index is 15.2. The lowest BCUT2D eigenvalue weighted by Crippen LogP contribution is -2.43. The van der Waals surface area contributed by atoms with Gasteiger partial charge in [-0.2, -0.15) is 4.98 Å². The molecule has 8 rings (SSSR count). The Balaban J connectivity index is 1.21. The van der Waals surface area contributed by atoms with Crippen molar-refractivity contribution < 1.29 is 18.4 Å². The average Bonchev–Trinajstić information content (AvgIpc) is 4.10. The van der Waals surface area contributed by atoms with E-state index in [1.165, 1.54) is 25.7 Å². The number of halogens is 2. The van der Waals surface area contributed by atoms with Crippen molar-refractivity contribution in [1.82, 2.24) is 9.97 Å². The Morgan fingerprint density at radius 2 is 1.12 bits per heavy atom. The molecule has 0 radical (unpaired) electrons. The zero-order chi connectivity index (χ0) is 36.3. The minimum absolute atomic E-state index is 0.0427. The van der Waals surface area contributed by atoms with Gasteiger partial charge in [-0.1, -0.05) is 0 Å². The molecular formula is C40H48F2N6O2S2. The number of imide groups is 1. The zero-order valence-corrected chi connectivity index (χ0v) is 32.1. The molecule has 12 heteroatoms. The van der Waals surface area contributed by atoms with Crippen LogP contribution in [0.25, 0.3) is 0 Å². The van der Waals surface area contributed by atoms with Crippen molar-refractivity contribution in [3.63, 3.8) is 0 Å². The SMILES string of the molecule is CSc1ccc(C(=O)N(C(=O)c2ccc(SC)cc2N2CCC3(CC2)CC3)c2ncc(C)c(N3CCC(F)(F)CC3)n2)c(N2CCC3(CC2)CC3)c1. The summed E-state index contributed by atoms with van der Waals surface area (Å²) in [6.07, 6.45) is 14.6. The molecule has 0 bridgehead atoms. The molecule has 4 heterocycles. The van der Waals surface area contributed by atoms with Crippen LogP contribution in [0.15, 0.2) is 52.4 Å². The van der Waals surface area contributed by atoms with Crippen LogP contribution >= 0.6 is 23.5 Å². The number of aromatic nitrogens is 2. The first-order valence-corrected chi connectivity index (χ1v) is 21.2. The van der Waals surface area contributed by atoms with Crippen molar-refractivity contribution in [3.8, 4) is 0 Å². The molecular weight excluding hydrogens is 699 g/mol. The van der Waals surface area contributed by atoms with Gasteiger partial charge in [0, 0.05) is 73.7 Å². The second-order valence-corrected chi connectivity index (χ2v) is 17.5. The van der Waals surface area contributed by atoms with Crippen molar-refractivity contribution in [1.29, 1.82) is 0 Å². The molecule has 0 N–H and O–H groups in total. The van der Waals surface area contributed by atoms with E-state index in [-0.39, 0.29) is 31.9 Å². The van der Waals surface area contributed by atoms with Crippen LogP contribution in [0.1, 0.15) is 90.5 Å². The Hall–Kier alpha value is -3.38. The first-order chi connectivity index (χ1) is 25.0. The molecule has 3 aliphatic heterocycles. The normalized spacial score (nSPS) is 21.4. The molecule has 2 aromatic carbocycles. The third-order valence-corrected chi connectivity index (χ3v) is 13.9. The number of amides is 2. The average molecular weight is 747 g/mol. The molecule has 52 heavy (non-hydrogen) atoms. The summed E-state index contributed by atoms with van der Waals surface area (Å²) in [6, 6.07) is 11.7. The molecule has 5 fully saturated rings. The zero-order valence-electron chi connectivity index (χ0n) is 30.4. The predicted molar refractivity (Wildman–Crippen MR) is 207 cm³/mol. The van der Waals surface area contributed by atoms with Crippen molar-refractivity contribution in [3.05, 3.63) is 59.3 Å². The number of alkyl halides is 2. The largest absolute Gasteiger partial charge is 0.371 e. The monoisotopic (exact) mass is 746 g/mol. The second-order valence-electron chi connectivity index (χ2n) is 15.7. The van der Waals surface area contributed by atoms with Gasteiger partial charge in [0.15, 0.2) is 0 Å². The van der Waals surface area contributed by atoms with E-state index in [2.05, 4.69) is 26.9 Å². The molecule has 2 saturated carbocycles. The number of hydrogen-bond acceptors (Lipinski definition) is 9. The summed E-state index contributed by atoms with van der Waals surface area (Å²) in [4.78, 5) is 49.5. The van der Waals surface area contributed by atoms with E-state index in [9.17, 15) is 8.78 Å². The summed E-state index contributed by atoms with van der Waals surface area (Å²) in [5.74, 6) is -3.28. The van der Waals surface area contributed by atoms with Crippen LogP contribution in [-0.4, -0.2) is 79.5 Å². The van der Waals surface area contributed by atoms with E-state index in [1.54, 1.807) is 29.7 Å². The first-order valence-electron chi connectivity index (χ1n) is 18.7. The Bertz CT molecular complexity index is 1760. The molecule has 5 aliphatic rings. The van der Waals surface area contributed by atoms with E-state index in [4.69, 9.17) is 4.98 Å². The Morgan fingerprint density at radius 1 is 0.673 bits per heavy atom. The molecule has 0 atom stereocenters. The molecule has 3 saturated heterocycles. The van der Waals surface area contributed by atoms with Crippen LogP contribution < -0.4 is 19.6 Å². The van der Waals surface area contributed by atoms with E-state index in [0.29, 0.717) is 33.3 Å². The lowest BCUT2D eigenvalue weighted by Gasteiger charge is -2.36. The molecule has 2 amide bonds. The highest BCUT2D eigenvalue weighted by Gasteiger charge is 2.46. The van der Waals surface area contributed by atoms with Gasteiger partial charge < -0.3 is 14.7 Å². The molecule has 3 aromatic rings. The van der Waals surface area contributed by atoms with Gasteiger partial charge in [0.2, 0.25) is 5.95 Å². The van der Waals surface area contributed by atoms with Crippen molar-refractivity contribution >= 4 is 58.5 Å².